The van der Waals surface area contributed by atoms with Gasteiger partial charge in [-0.15, -0.1) is 0 Å². The molecule has 0 aliphatic heterocycles. The summed E-state index contributed by atoms with van der Waals surface area (Å²) in [4.78, 5) is 23.8. The fraction of sp³-hybridized carbons (Fsp3) is 0.364. The number of carbonyl (C=O) groups is 2. The van der Waals surface area contributed by atoms with E-state index in [1.165, 1.54) is 0 Å². The first-order chi connectivity index (χ1) is 14.9. The average molecular weight is 447 g/mol. The number of alkyl carbamates (subject to hydrolysis) is 1. The van der Waals surface area contributed by atoms with Gasteiger partial charge in [0, 0.05) is 6.42 Å². The first kappa shape index (κ1) is 24.6. The van der Waals surface area contributed by atoms with E-state index in [2.05, 4.69) is 10.6 Å². The maximum atomic E-state index is 12.8. The number of hydrogen-bond donors (Lipinski definition) is 3. The third-order valence-electron chi connectivity index (χ3n) is 4.56. The quantitative estimate of drug-likeness (QED) is 0.340. The minimum Gasteiger partial charge on any atom is -0.445 e. The van der Waals surface area contributed by atoms with E-state index in [9.17, 15) is 14.2 Å². The summed E-state index contributed by atoms with van der Waals surface area (Å²) in [5, 5.41) is 5.50. The van der Waals surface area contributed by atoms with Crippen LogP contribution < -0.4 is 16.4 Å². The summed E-state index contributed by atoms with van der Waals surface area (Å²) in [5.41, 5.74) is 7.10. The van der Waals surface area contributed by atoms with Gasteiger partial charge in [-0.25, -0.2) is 4.79 Å². The van der Waals surface area contributed by atoms with E-state index in [1.54, 1.807) is 0 Å². The van der Waals surface area contributed by atoms with Gasteiger partial charge in [-0.05, 0) is 17.0 Å². The molecule has 168 valence electrons. The molecule has 2 aromatic carbocycles. The van der Waals surface area contributed by atoms with Gasteiger partial charge in [0.2, 0.25) is 13.9 Å². The second-order valence-corrected chi connectivity index (χ2v) is 9.01. The molecular weight excluding hydrogens is 417 g/mol. The Labute approximate surface area is 183 Å². The maximum Gasteiger partial charge on any atom is 0.408 e. The van der Waals surface area contributed by atoms with Crippen molar-refractivity contribution in [3.63, 3.8) is 0 Å². The van der Waals surface area contributed by atoms with Crippen LogP contribution in [-0.4, -0.2) is 30.6 Å². The Morgan fingerprint density at radius 1 is 1.00 bits per heavy atom. The second-order valence-electron chi connectivity index (χ2n) is 7.38. The fourth-order valence-electron chi connectivity index (χ4n) is 2.92. The molecule has 9 heteroatoms. The molecule has 3 unspecified atom stereocenters. The number of nitrogens with two attached hydrogens (primary N) is 1. The minimum atomic E-state index is -2.73. The van der Waals surface area contributed by atoms with Gasteiger partial charge in [0.25, 0.3) is 0 Å². The lowest BCUT2D eigenvalue weighted by Gasteiger charge is -2.21. The normalized spacial score (nSPS) is 13.9. The molecule has 0 aliphatic carbocycles. The lowest BCUT2D eigenvalue weighted by molar-refractivity contribution is -0.121. The van der Waals surface area contributed by atoms with Gasteiger partial charge in [0.05, 0.1) is 6.04 Å². The van der Waals surface area contributed by atoms with Crippen LogP contribution in [0.3, 0.4) is 0 Å². The SMILES string of the molecule is CC(C)C(NCO[PH](=O)C(Cc1ccccc1)NC(=O)OCc1ccccc1)C(N)=O. The van der Waals surface area contributed by atoms with Crippen LogP contribution in [-0.2, 0) is 31.6 Å². The number of carbonyl (C=O) groups excluding carboxylic acids is 2. The summed E-state index contributed by atoms with van der Waals surface area (Å²) >= 11 is 0. The van der Waals surface area contributed by atoms with E-state index in [0.29, 0.717) is 6.42 Å². The van der Waals surface area contributed by atoms with E-state index in [0.717, 1.165) is 11.1 Å². The first-order valence-corrected chi connectivity index (χ1v) is 11.5. The molecule has 2 aromatic rings. The van der Waals surface area contributed by atoms with E-state index in [1.807, 2.05) is 74.5 Å². The molecule has 0 saturated heterocycles. The molecule has 2 amide bonds. The molecule has 31 heavy (non-hydrogen) atoms. The number of rotatable bonds is 12. The third kappa shape index (κ3) is 8.92. The topological polar surface area (TPSA) is 120 Å². The van der Waals surface area contributed by atoms with Crippen LogP contribution in [0.1, 0.15) is 25.0 Å². The highest BCUT2D eigenvalue weighted by molar-refractivity contribution is 7.40. The number of amides is 2. The van der Waals surface area contributed by atoms with Crippen LogP contribution in [0.2, 0.25) is 0 Å². The van der Waals surface area contributed by atoms with Gasteiger partial charge in [-0.3, -0.25) is 14.7 Å². The Hall–Kier alpha value is -2.67. The van der Waals surface area contributed by atoms with Crippen molar-refractivity contribution in [3.8, 4) is 0 Å². The summed E-state index contributed by atoms with van der Waals surface area (Å²) in [5.74, 6) is -1.33. The highest BCUT2D eigenvalue weighted by atomic mass is 31.1. The van der Waals surface area contributed by atoms with Crippen LogP contribution in [0.15, 0.2) is 60.7 Å². The predicted molar refractivity (Wildman–Crippen MR) is 120 cm³/mol. The smallest absolute Gasteiger partial charge is 0.408 e. The van der Waals surface area contributed by atoms with Crippen LogP contribution in [0.25, 0.3) is 0 Å². The first-order valence-electron chi connectivity index (χ1n) is 10.1. The van der Waals surface area contributed by atoms with Gasteiger partial charge in [0.15, 0.2) is 0 Å². The minimum absolute atomic E-state index is 0.0466. The number of primary amides is 1. The predicted octanol–water partition coefficient (Wildman–Crippen LogP) is 3.03. The lowest BCUT2D eigenvalue weighted by atomic mass is 10.0. The zero-order chi connectivity index (χ0) is 22.6. The van der Waals surface area contributed by atoms with Crippen molar-refractivity contribution < 1.29 is 23.4 Å². The molecule has 0 radical (unpaired) electrons. The van der Waals surface area contributed by atoms with Crippen molar-refractivity contribution in [1.82, 2.24) is 10.6 Å². The standard InChI is InChI=1S/C22H30N3O5P/c1-16(2)20(21(23)26)24-15-30-31(28)19(13-17-9-5-3-6-10-17)25-22(27)29-14-18-11-7-4-8-12-18/h3-12,16,19-20,24,31H,13-15H2,1-2H3,(H2,23,26)(H,25,27). The van der Waals surface area contributed by atoms with Crippen molar-refractivity contribution in [3.05, 3.63) is 71.8 Å². The number of ether oxygens (including phenoxy) is 1. The van der Waals surface area contributed by atoms with E-state index in [-0.39, 0.29) is 19.3 Å². The molecule has 0 aliphatic rings. The Balaban J connectivity index is 1.95. The van der Waals surface area contributed by atoms with Crippen molar-refractivity contribution in [2.24, 2.45) is 11.7 Å². The molecule has 4 N–H and O–H groups in total. The summed E-state index contributed by atoms with van der Waals surface area (Å²) in [7, 11) is -2.73. The summed E-state index contributed by atoms with van der Waals surface area (Å²) < 4.78 is 23.5. The monoisotopic (exact) mass is 447 g/mol. The Bertz CT molecular complexity index is 849. The molecule has 0 spiro atoms. The van der Waals surface area contributed by atoms with E-state index in [4.69, 9.17) is 15.0 Å². The maximum absolute atomic E-state index is 12.8. The highest BCUT2D eigenvalue weighted by Gasteiger charge is 2.23. The zero-order valence-electron chi connectivity index (χ0n) is 17.7. The zero-order valence-corrected chi connectivity index (χ0v) is 18.7. The van der Waals surface area contributed by atoms with E-state index < -0.39 is 31.9 Å². The molecule has 8 nitrogen and oxygen atoms in total. The average Bonchev–Trinajstić information content (AvgIpc) is 2.75. The Morgan fingerprint density at radius 2 is 1.58 bits per heavy atom. The lowest BCUT2D eigenvalue weighted by Crippen LogP contribution is -2.45. The van der Waals surface area contributed by atoms with Crippen molar-refractivity contribution in [1.29, 1.82) is 0 Å². The Morgan fingerprint density at radius 3 is 2.13 bits per heavy atom. The molecular formula is C22H30N3O5P. The number of nitrogens with one attached hydrogen (secondary N) is 2. The number of hydrogen-bond acceptors (Lipinski definition) is 6. The van der Waals surface area contributed by atoms with Gasteiger partial charge >= 0.3 is 6.09 Å². The molecule has 0 heterocycles. The van der Waals surface area contributed by atoms with Gasteiger partial charge in [0.1, 0.15) is 19.1 Å². The van der Waals surface area contributed by atoms with Crippen LogP contribution in [0.4, 0.5) is 4.79 Å². The summed E-state index contributed by atoms with van der Waals surface area (Å²) in [6, 6.07) is 18.0. The molecule has 3 atom stereocenters. The van der Waals surface area contributed by atoms with Crippen molar-refractivity contribution >= 4 is 20.0 Å². The van der Waals surface area contributed by atoms with Crippen LogP contribution in [0.5, 0.6) is 0 Å². The van der Waals surface area contributed by atoms with Gasteiger partial charge < -0.3 is 20.3 Å². The van der Waals surface area contributed by atoms with Crippen molar-refractivity contribution in [2.75, 3.05) is 6.73 Å². The summed E-state index contributed by atoms with van der Waals surface area (Å²) in [6.07, 6.45) is -0.375. The molecule has 0 aromatic heterocycles. The Kier molecular flexibility index (Phi) is 10.2. The number of benzene rings is 2. The fourth-order valence-corrected chi connectivity index (χ4v) is 3.98. The molecule has 2 rings (SSSR count). The van der Waals surface area contributed by atoms with Gasteiger partial charge in [-0.1, -0.05) is 74.5 Å². The molecule has 0 bridgehead atoms. The second kappa shape index (κ2) is 12.9. The van der Waals surface area contributed by atoms with Crippen LogP contribution >= 0.6 is 8.03 Å². The largest absolute Gasteiger partial charge is 0.445 e. The van der Waals surface area contributed by atoms with E-state index >= 15 is 0 Å². The van der Waals surface area contributed by atoms with Gasteiger partial charge in [-0.2, -0.15) is 0 Å². The third-order valence-corrected chi connectivity index (χ3v) is 5.91. The van der Waals surface area contributed by atoms with Crippen LogP contribution in [0, 0.1) is 5.92 Å². The molecule has 0 saturated carbocycles. The molecule has 0 fully saturated rings. The highest BCUT2D eigenvalue weighted by Crippen LogP contribution is 2.30. The summed E-state index contributed by atoms with van der Waals surface area (Å²) in [6.45, 7) is 3.65. The van der Waals surface area contributed by atoms with Crippen molar-refractivity contribution in [2.45, 2.75) is 38.7 Å².